The standard InChI is InChI=1S/C26H19ClF6N6O2/c27-20-7-2-1-6-19(20)21(40)35-17-10-8-15(9-11-17)13-34-22-37-23(39-24(38-22)41-14-25(28,29)30)36-18-5-3-4-16(12-18)26(31,32)33/h1-12H,13-14H2,(H,35,40)(H2,34,36,37,38,39). The van der Waals surface area contributed by atoms with Crippen molar-refractivity contribution in [3.63, 3.8) is 0 Å². The minimum Gasteiger partial charge on any atom is -0.454 e. The first-order chi connectivity index (χ1) is 19.4. The summed E-state index contributed by atoms with van der Waals surface area (Å²) in [5.74, 6) is -0.960. The lowest BCUT2D eigenvalue weighted by Gasteiger charge is -2.13. The van der Waals surface area contributed by atoms with Crippen LogP contribution in [0.1, 0.15) is 21.5 Å². The first-order valence-electron chi connectivity index (χ1n) is 11.6. The fourth-order valence-electron chi connectivity index (χ4n) is 3.34. The van der Waals surface area contributed by atoms with Gasteiger partial charge < -0.3 is 20.7 Å². The van der Waals surface area contributed by atoms with Gasteiger partial charge in [-0.25, -0.2) is 0 Å². The Morgan fingerprint density at radius 1 is 0.829 bits per heavy atom. The van der Waals surface area contributed by atoms with E-state index >= 15 is 0 Å². The molecule has 0 saturated heterocycles. The molecule has 0 fully saturated rings. The quantitative estimate of drug-likeness (QED) is 0.177. The Bertz CT molecular complexity index is 1520. The number of halogens is 7. The van der Waals surface area contributed by atoms with Gasteiger partial charge in [-0.05, 0) is 48.0 Å². The van der Waals surface area contributed by atoms with E-state index in [4.69, 9.17) is 11.6 Å². The lowest BCUT2D eigenvalue weighted by atomic mass is 10.2. The van der Waals surface area contributed by atoms with Crippen molar-refractivity contribution in [2.75, 3.05) is 22.6 Å². The van der Waals surface area contributed by atoms with Crippen molar-refractivity contribution in [2.24, 2.45) is 0 Å². The second-order valence-corrected chi connectivity index (χ2v) is 8.76. The number of hydrogen-bond acceptors (Lipinski definition) is 7. The van der Waals surface area contributed by atoms with Gasteiger partial charge in [0.15, 0.2) is 6.61 Å². The molecule has 41 heavy (non-hydrogen) atoms. The molecule has 214 valence electrons. The molecule has 8 nitrogen and oxygen atoms in total. The molecule has 1 heterocycles. The third-order valence-electron chi connectivity index (χ3n) is 5.21. The minimum absolute atomic E-state index is 0.0619. The zero-order chi connectivity index (χ0) is 29.6. The van der Waals surface area contributed by atoms with Crippen LogP contribution in [-0.2, 0) is 12.7 Å². The van der Waals surface area contributed by atoms with E-state index in [0.717, 1.165) is 18.2 Å². The van der Waals surface area contributed by atoms with E-state index < -0.39 is 36.4 Å². The first-order valence-corrected chi connectivity index (χ1v) is 12.0. The molecule has 15 heteroatoms. The van der Waals surface area contributed by atoms with Crippen molar-refractivity contribution in [1.29, 1.82) is 0 Å². The summed E-state index contributed by atoms with van der Waals surface area (Å²) in [5.41, 5.74) is 0.441. The predicted octanol–water partition coefficient (Wildman–Crippen LogP) is 7.09. The number of amides is 1. The first kappa shape index (κ1) is 29.4. The molecule has 0 aliphatic carbocycles. The SMILES string of the molecule is O=C(Nc1ccc(CNc2nc(Nc3cccc(C(F)(F)F)c3)nc(OCC(F)(F)F)n2)cc1)c1ccccc1Cl. The van der Waals surface area contributed by atoms with Gasteiger partial charge in [-0.3, -0.25) is 4.79 Å². The Hall–Kier alpha value is -4.59. The fraction of sp³-hybridized carbons (Fsp3) is 0.154. The smallest absolute Gasteiger partial charge is 0.422 e. The van der Waals surface area contributed by atoms with Crippen LogP contribution in [0.25, 0.3) is 0 Å². The highest BCUT2D eigenvalue weighted by atomic mass is 35.5. The second-order valence-electron chi connectivity index (χ2n) is 8.36. The van der Waals surface area contributed by atoms with Crippen molar-refractivity contribution in [3.8, 4) is 6.01 Å². The molecule has 3 N–H and O–H groups in total. The molecule has 3 aromatic carbocycles. The monoisotopic (exact) mass is 596 g/mol. The van der Waals surface area contributed by atoms with Gasteiger partial charge in [0.05, 0.1) is 16.1 Å². The van der Waals surface area contributed by atoms with Crippen LogP contribution in [-0.4, -0.2) is 33.6 Å². The maximum Gasteiger partial charge on any atom is 0.422 e. The van der Waals surface area contributed by atoms with E-state index in [1.54, 1.807) is 48.5 Å². The van der Waals surface area contributed by atoms with Gasteiger partial charge >= 0.3 is 18.4 Å². The number of carbonyl (C=O) groups excluding carboxylic acids is 1. The van der Waals surface area contributed by atoms with Crippen molar-refractivity contribution in [2.45, 2.75) is 18.9 Å². The lowest BCUT2D eigenvalue weighted by Crippen LogP contribution is -2.21. The maximum atomic E-state index is 13.1. The molecule has 4 aromatic rings. The average molecular weight is 597 g/mol. The normalized spacial score (nSPS) is 11.6. The summed E-state index contributed by atoms with van der Waals surface area (Å²) < 4.78 is 81.8. The van der Waals surface area contributed by atoms with Crippen LogP contribution in [0.15, 0.2) is 72.8 Å². The minimum atomic E-state index is -4.68. The molecular formula is C26H19ClF6N6O2. The van der Waals surface area contributed by atoms with Crippen LogP contribution >= 0.6 is 11.6 Å². The van der Waals surface area contributed by atoms with Crippen LogP contribution in [0.4, 0.5) is 49.6 Å². The third-order valence-corrected chi connectivity index (χ3v) is 5.54. The Kier molecular flexibility index (Phi) is 8.81. The lowest BCUT2D eigenvalue weighted by molar-refractivity contribution is -0.154. The van der Waals surface area contributed by atoms with Gasteiger partial charge in [0.1, 0.15) is 0 Å². The van der Waals surface area contributed by atoms with Gasteiger partial charge in [-0.1, -0.05) is 41.9 Å². The second kappa shape index (κ2) is 12.3. The molecule has 0 unspecified atom stereocenters. The number of nitrogens with one attached hydrogen (secondary N) is 3. The van der Waals surface area contributed by atoms with Gasteiger partial charge in [-0.2, -0.15) is 41.3 Å². The molecule has 0 radical (unpaired) electrons. The van der Waals surface area contributed by atoms with Crippen molar-refractivity contribution in [3.05, 3.63) is 94.5 Å². The molecule has 1 aromatic heterocycles. The topological polar surface area (TPSA) is 101 Å². The van der Waals surface area contributed by atoms with E-state index in [9.17, 15) is 31.1 Å². The van der Waals surface area contributed by atoms with Crippen LogP contribution < -0.4 is 20.7 Å². The molecule has 0 spiro atoms. The molecule has 0 aliphatic heterocycles. The maximum absolute atomic E-state index is 13.1. The number of carbonyl (C=O) groups is 1. The number of aromatic nitrogens is 3. The van der Waals surface area contributed by atoms with Crippen molar-refractivity contribution in [1.82, 2.24) is 15.0 Å². The Morgan fingerprint density at radius 3 is 2.22 bits per heavy atom. The summed E-state index contributed by atoms with van der Waals surface area (Å²) in [5, 5.41) is 8.34. The van der Waals surface area contributed by atoms with Gasteiger partial charge in [0.2, 0.25) is 11.9 Å². The summed E-state index contributed by atoms with van der Waals surface area (Å²) >= 11 is 6.04. The highest BCUT2D eigenvalue weighted by molar-refractivity contribution is 6.34. The summed E-state index contributed by atoms with van der Waals surface area (Å²) in [7, 11) is 0. The van der Waals surface area contributed by atoms with Crippen LogP contribution in [0.3, 0.4) is 0 Å². The zero-order valence-corrected chi connectivity index (χ0v) is 21.4. The van der Waals surface area contributed by atoms with Gasteiger partial charge in [0.25, 0.3) is 5.91 Å². The summed E-state index contributed by atoms with van der Waals surface area (Å²) in [6, 6.07) is 16.5. The zero-order valence-electron chi connectivity index (χ0n) is 20.6. The molecule has 0 saturated carbocycles. The number of benzene rings is 3. The summed E-state index contributed by atoms with van der Waals surface area (Å²) in [6.07, 6.45) is -9.30. The fourth-order valence-corrected chi connectivity index (χ4v) is 3.56. The van der Waals surface area contributed by atoms with E-state index in [2.05, 4.69) is 35.6 Å². The molecule has 4 rings (SSSR count). The van der Waals surface area contributed by atoms with E-state index in [1.165, 1.54) is 6.07 Å². The Labute approximate surface area is 233 Å². The number of anilines is 4. The number of ether oxygens (including phenoxy) is 1. The summed E-state index contributed by atoms with van der Waals surface area (Å²) in [4.78, 5) is 24.0. The largest absolute Gasteiger partial charge is 0.454 e. The number of nitrogens with zero attached hydrogens (tertiary/aromatic N) is 3. The van der Waals surface area contributed by atoms with Gasteiger partial charge in [-0.15, -0.1) is 0 Å². The number of alkyl halides is 6. The molecule has 1 amide bonds. The van der Waals surface area contributed by atoms with E-state index in [0.29, 0.717) is 21.8 Å². The molecule has 0 atom stereocenters. The predicted molar refractivity (Wildman–Crippen MR) is 139 cm³/mol. The summed E-state index contributed by atoms with van der Waals surface area (Å²) in [6.45, 7) is -1.61. The van der Waals surface area contributed by atoms with Crippen LogP contribution in [0, 0.1) is 0 Å². The molecule has 0 aliphatic rings. The third kappa shape index (κ3) is 8.70. The van der Waals surface area contributed by atoms with Crippen molar-refractivity contribution >= 4 is 40.8 Å². The van der Waals surface area contributed by atoms with Crippen LogP contribution in [0.5, 0.6) is 6.01 Å². The van der Waals surface area contributed by atoms with Crippen LogP contribution in [0.2, 0.25) is 5.02 Å². The highest BCUT2D eigenvalue weighted by Crippen LogP contribution is 2.31. The number of rotatable bonds is 9. The number of hydrogen-bond donors (Lipinski definition) is 3. The molecular weight excluding hydrogens is 578 g/mol. The Morgan fingerprint density at radius 2 is 1.54 bits per heavy atom. The van der Waals surface area contributed by atoms with E-state index in [-0.39, 0.29) is 24.1 Å². The Balaban J connectivity index is 1.47. The highest BCUT2D eigenvalue weighted by Gasteiger charge is 2.31. The van der Waals surface area contributed by atoms with E-state index in [1.807, 2.05) is 0 Å². The average Bonchev–Trinajstić information content (AvgIpc) is 2.91. The van der Waals surface area contributed by atoms with Gasteiger partial charge in [0, 0.05) is 17.9 Å². The molecule has 0 bridgehead atoms. The van der Waals surface area contributed by atoms with Crippen molar-refractivity contribution < 1.29 is 35.9 Å².